The van der Waals surface area contributed by atoms with Crippen LogP contribution in [0.1, 0.15) is 51.9 Å². The van der Waals surface area contributed by atoms with Crippen molar-refractivity contribution in [2.45, 2.75) is 57.5 Å². The quantitative estimate of drug-likeness (QED) is 0.700. The first kappa shape index (κ1) is 14.9. The first-order chi connectivity index (χ1) is 10.9. The molecule has 0 saturated heterocycles. The van der Waals surface area contributed by atoms with Gasteiger partial charge in [-0.2, -0.15) is 0 Å². The fourth-order valence-electron chi connectivity index (χ4n) is 5.61. The van der Waals surface area contributed by atoms with Crippen molar-refractivity contribution in [1.82, 2.24) is 0 Å². The number of allylic oxidation sites excluding steroid dienone is 4. The smallest absolute Gasteiger partial charge is 0.160 e. The average Bonchev–Trinajstić information content (AvgIpc) is 2.78. The van der Waals surface area contributed by atoms with Crippen LogP contribution in [-0.4, -0.2) is 22.3 Å². The fraction of sp³-hybridized carbons (Fsp3) is 0.600. The Morgan fingerprint density at radius 3 is 2.78 bits per heavy atom. The van der Waals surface area contributed by atoms with Gasteiger partial charge < -0.3 is 5.11 Å². The summed E-state index contributed by atoms with van der Waals surface area (Å²) in [5.74, 6) is 3.37. The summed E-state index contributed by atoms with van der Waals surface area (Å²) in [4.78, 5) is 24.6. The lowest BCUT2D eigenvalue weighted by molar-refractivity contribution is -0.128. The number of hydrogen-bond donors (Lipinski definition) is 1. The number of terminal acetylenes is 1. The normalized spacial score (nSPS) is 42.6. The zero-order valence-corrected chi connectivity index (χ0v) is 13.5. The number of aliphatic hydroxyl groups is 1. The highest BCUT2D eigenvalue weighted by atomic mass is 16.3. The van der Waals surface area contributed by atoms with Gasteiger partial charge in [-0.1, -0.05) is 12.8 Å². The van der Waals surface area contributed by atoms with Gasteiger partial charge >= 0.3 is 0 Å². The van der Waals surface area contributed by atoms with Gasteiger partial charge in [-0.25, -0.2) is 0 Å². The zero-order valence-electron chi connectivity index (χ0n) is 13.5. The minimum atomic E-state index is -1.16. The maximum atomic E-state index is 13.0. The van der Waals surface area contributed by atoms with E-state index in [0.29, 0.717) is 25.7 Å². The van der Waals surface area contributed by atoms with E-state index in [0.717, 1.165) is 36.0 Å². The molecule has 120 valence electrons. The predicted octanol–water partition coefficient (Wildman–Crippen LogP) is 2.74. The molecule has 2 fully saturated rings. The predicted molar refractivity (Wildman–Crippen MR) is 86.3 cm³/mol. The molecule has 0 amide bonds. The molecular weight excluding hydrogens is 288 g/mol. The highest BCUT2D eigenvalue weighted by Crippen LogP contribution is 2.62. The monoisotopic (exact) mass is 310 g/mol. The van der Waals surface area contributed by atoms with Gasteiger partial charge in [-0.15, -0.1) is 6.42 Å². The van der Waals surface area contributed by atoms with Crippen molar-refractivity contribution >= 4 is 11.6 Å². The van der Waals surface area contributed by atoms with E-state index in [4.69, 9.17) is 6.42 Å². The molecule has 4 atom stereocenters. The largest absolute Gasteiger partial charge is 0.377 e. The van der Waals surface area contributed by atoms with Gasteiger partial charge in [0.2, 0.25) is 0 Å². The SMILES string of the molecule is C#C[C@]1(O)CC[C@@H]2[C@@H]3CCC4=CC(=O)CCC4=C3C(=O)C[C@]21C. The minimum Gasteiger partial charge on any atom is -0.377 e. The van der Waals surface area contributed by atoms with Crippen LogP contribution in [0, 0.1) is 29.6 Å². The summed E-state index contributed by atoms with van der Waals surface area (Å²) in [5, 5.41) is 10.9. The van der Waals surface area contributed by atoms with Crippen LogP contribution in [0.3, 0.4) is 0 Å². The Morgan fingerprint density at radius 1 is 1.26 bits per heavy atom. The molecule has 0 spiro atoms. The van der Waals surface area contributed by atoms with Crippen molar-refractivity contribution in [1.29, 1.82) is 0 Å². The van der Waals surface area contributed by atoms with Gasteiger partial charge in [0.05, 0.1) is 0 Å². The molecule has 23 heavy (non-hydrogen) atoms. The molecule has 0 bridgehead atoms. The highest BCUT2D eigenvalue weighted by Gasteiger charge is 2.62. The first-order valence-electron chi connectivity index (χ1n) is 8.60. The number of carbonyl (C=O) groups is 2. The van der Waals surface area contributed by atoms with E-state index < -0.39 is 11.0 Å². The van der Waals surface area contributed by atoms with E-state index in [-0.39, 0.29) is 23.4 Å². The molecular formula is C20H22O3. The molecule has 1 N–H and O–H groups in total. The Labute approximate surface area is 136 Å². The van der Waals surface area contributed by atoms with Crippen molar-refractivity contribution in [2.24, 2.45) is 17.3 Å². The van der Waals surface area contributed by atoms with Gasteiger partial charge in [-0.3, -0.25) is 9.59 Å². The molecule has 0 unspecified atom stereocenters. The second-order valence-electron chi connectivity index (χ2n) is 7.84. The van der Waals surface area contributed by atoms with Crippen LogP contribution in [0.4, 0.5) is 0 Å². The molecule has 0 aromatic carbocycles. The van der Waals surface area contributed by atoms with Crippen molar-refractivity contribution in [2.75, 3.05) is 0 Å². The molecule has 0 aromatic heterocycles. The number of hydrogen-bond acceptors (Lipinski definition) is 3. The third kappa shape index (κ3) is 1.82. The van der Waals surface area contributed by atoms with Gasteiger partial charge in [-0.05, 0) is 61.2 Å². The van der Waals surface area contributed by atoms with Gasteiger partial charge in [0.1, 0.15) is 5.60 Å². The van der Waals surface area contributed by atoms with Crippen molar-refractivity contribution in [3.05, 3.63) is 22.8 Å². The first-order valence-corrected chi connectivity index (χ1v) is 8.60. The van der Waals surface area contributed by atoms with Gasteiger partial charge in [0.25, 0.3) is 0 Å². The summed E-state index contributed by atoms with van der Waals surface area (Å²) >= 11 is 0. The summed E-state index contributed by atoms with van der Waals surface area (Å²) in [6.07, 6.45) is 12.1. The van der Waals surface area contributed by atoms with Crippen LogP contribution < -0.4 is 0 Å². The Morgan fingerprint density at radius 2 is 2.04 bits per heavy atom. The number of Topliss-reactive ketones (excluding diaryl/α,β-unsaturated/α-hetero) is 1. The molecule has 4 aliphatic rings. The molecule has 0 aromatic rings. The van der Waals surface area contributed by atoms with Crippen molar-refractivity contribution < 1.29 is 14.7 Å². The van der Waals surface area contributed by atoms with E-state index in [1.165, 1.54) is 0 Å². The summed E-state index contributed by atoms with van der Waals surface area (Å²) in [6.45, 7) is 2.00. The topological polar surface area (TPSA) is 54.4 Å². The number of carbonyl (C=O) groups excluding carboxylic acids is 2. The summed E-state index contributed by atoms with van der Waals surface area (Å²) < 4.78 is 0. The van der Waals surface area contributed by atoms with Gasteiger partial charge in [0.15, 0.2) is 11.6 Å². The average molecular weight is 310 g/mol. The maximum absolute atomic E-state index is 13.0. The summed E-state index contributed by atoms with van der Waals surface area (Å²) in [6, 6.07) is 0. The van der Waals surface area contributed by atoms with Crippen LogP contribution in [0.25, 0.3) is 0 Å². The lowest BCUT2D eigenvalue weighted by atomic mass is 9.54. The molecule has 3 heteroatoms. The Hall–Kier alpha value is -1.66. The van der Waals surface area contributed by atoms with Crippen molar-refractivity contribution in [3.8, 4) is 12.3 Å². The van der Waals surface area contributed by atoms with E-state index in [2.05, 4.69) is 5.92 Å². The number of rotatable bonds is 0. The van der Waals surface area contributed by atoms with Crippen LogP contribution in [0.15, 0.2) is 22.8 Å². The highest BCUT2D eigenvalue weighted by molar-refractivity contribution is 6.01. The Kier molecular flexibility index (Phi) is 3.03. The third-order valence-corrected chi connectivity index (χ3v) is 6.90. The molecule has 2 saturated carbocycles. The van der Waals surface area contributed by atoms with Crippen LogP contribution >= 0.6 is 0 Å². The molecule has 0 radical (unpaired) electrons. The summed E-state index contributed by atoms with van der Waals surface area (Å²) in [5.41, 5.74) is 1.49. The van der Waals surface area contributed by atoms with Crippen LogP contribution in [0.5, 0.6) is 0 Å². The summed E-state index contributed by atoms with van der Waals surface area (Å²) in [7, 11) is 0. The van der Waals surface area contributed by atoms with Gasteiger partial charge in [0, 0.05) is 23.8 Å². The maximum Gasteiger partial charge on any atom is 0.160 e. The Bertz CT molecular complexity index is 720. The number of ketones is 2. The minimum absolute atomic E-state index is 0.138. The Balaban J connectivity index is 1.82. The van der Waals surface area contributed by atoms with E-state index in [1.54, 1.807) is 6.08 Å². The van der Waals surface area contributed by atoms with E-state index in [9.17, 15) is 14.7 Å². The second kappa shape index (κ2) is 4.68. The molecule has 0 aliphatic heterocycles. The van der Waals surface area contributed by atoms with Crippen LogP contribution in [0.2, 0.25) is 0 Å². The standard InChI is InChI=1S/C20H22O3/c1-3-20(23)9-8-16-15-6-4-12-10-13(21)5-7-14(12)18(15)17(22)11-19(16,20)2/h1,10,15-16,23H,4-9,11H2,2H3/t15-,16+,19+,20-/m0/s1. The van der Waals surface area contributed by atoms with E-state index in [1.807, 2.05) is 6.92 Å². The third-order valence-electron chi connectivity index (χ3n) is 6.90. The zero-order chi connectivity index (χ0) is 16.4. The van der Waals surface area contributed by atoms with Crippen LogP contribution in [-0.2, 0) is 9.59 Å². The molecule has 4 aliphatic carbocycles. The number of fused-ring (bicyclic) bond motifs is 4. The lowest BCUT2D eigenvalue weighted by Crippen LogP contribution is -2.51. The molecule has 4 rings (SSSR count). The lowest BCUT2D eigenvalue weighted by Gasteiger charge is -2.49. The molecule has 3 nitrogen and oxygen atoms in total. The molecule has 0 heterocycles. The van der Waals surface area contributed by atoms with E-state index >= 15 is 0 Å². The van der Waals surface area contributed by atoms with Crippen molar-refractivity contribution in [3.63, 3.8) is 0 Å². The fourth-order valence-corrected chi connectivity index (χ4v) is 5.61. The second-order valence-corrected chi connectivity index (χ2v) is 7.84.